The Kier molecular flexibility index (Phi) is 3.29. The molecule has 0 unspecified atom stereocenters. The summed E-state index contributed by atoms with van der Waals surface area (Å²) in [6.07, 6.45) is 6.16. The molecule has 3 aliphatic rings. The molecule has 0 aromatic heterocycles. The molecule has 4 nitrogen and oxygen atoms in total. The molecule has 1 aromatic carbocycles. The van der Waals surface area contributed by atoms with Crippen molar-refractivity contribution in [3.63, 3.8) is 0 Å². The Morgan fingerprint density at radius 3 is 2.55 bits per heavy atom. The van der Waals surface area contributed by atoms with E-state index in [1.54, 1.807) is 12.1 Å². The van der Waals surface area contributed by atoms with E-state index in [0.29, 0.717) is 5.92 Å². The number of rotatable bonds is 3. The third kappa shape index (κ3) is 2.45. The summed E-state index contributed by atoms with van der Waals surface area (Å²) < 4.78 is 24.7. The molecule has 22 heavy (non-hydrogen) atoms. The summed E-state index contributed by atoms with van der Waals surface area (Å²) in [6, 6.07) is 6.89. The molecular weight excluding hydrogens is 296 g/mol. The van der Waals surface area contributed by atoms with Crippen molar-refractivity contribution in [2.45, 2.75) is 43.9 Å². The van der Waals surface area contributed by atoms with Gasteiger partial charge in [0.1, 0.15) is 0 Å². The van der Waals surface area contributed by atoms with Crippen LogP contribution in [0.5, 0.6) is 0 Å². The van der Waals surface area contributed by atoms with Crippen molar-refractivity contribution in [2.75, 3.05) is 0 Å². The first-order chi connectivity index (χ1) is 10.5. The smallest absolute Gasteiger partial charge is 0.200 e. The van der Waals surface area contributed by atoms with Gasteiger partial charge in [0, 0.05) is 11.6 Å². The van der Waals surface area contributed by atoms with E-state index in [2.05, 4.69) is 9.93 Å². The molecule has 0 aliphatic heterocycles. The van der Waals surface area contributed by atoms with Crippen LogP contribution in [0.1, 0.15) is 37.7 Å². The summed E-state index contributed by atoms with van der Waals surface area (Å²) in [5, 5.41) is 4.35. The average Bonchev–Trinajstić information content (AvgIpc) is 2.70. The van der Waals surface area contributed by atoms with Crippen molar-refractivity contribution in [3.8, 4) is 0 Å². The summed E-state index contributed by atoms with van der Waals surface area (Å²) >= 11 is 0. The quantitative estimate of drug-likeness (QED) is 0.871. The normalized spacial score (nSPS) is 35.0. The Labute approximate surface area is 132 Å². The van der Waals surface area contributed by atoms with Gasteiger partial charge in [-0.1, -0.05) is 17.7 Å². The molecule has 0 spiro atoms. The van der Waals surface area contributed by atoms with Crippen LogP contribution in [0, 0.1) is 30.6 Å². The summed E-state index contributed by atoms with van der Waals surface area (Å²) in [7, 11) is -3.55. The molecule has 3 saturated carbocycles. The first-order valence-electron chi connectivity index (χ1n) is 8.16. The van der Waals surface area contributed by atoms with E-state index in [1.807, 2.05) is 19.1 Å². The van der Waals surface area contributed by atoms with Crippen molar-refractivity contribution in [1.29, 1.82) is 0 Å². The maximum atomic E-state index is 12.4. The summed E-state index contributed by atoms with van der Waals surface area (Å²) in [4.78, 5) is 2.76. The standard InChI is InChI=1S/C17H22N2O2S/c1-11-2-4-15(5-3-11)22(20,21)19-18-17-10-13-6-12-7-14(8-13)16(17)9-12/h2-5,12-14,16,19H,6-10H2,1H3/b18-17-/t12-,13+,14+,16-/m0/s1. The Morgan fingerprint density at radius 2 is 1.77 bits per heavy atom. The van der Waals surface area contributed by atoms with Crippen LogP contribution >= 0.6 is 0 Å². The van der Waals surface area contributed by atoms with E-state index in [4.69, 9.17) is 0 Å². The minimum Gasteiger partial charge on any atom is -0.200 e. The molecule has 1 N–H and O–H groups in total. The van der Waals surface area contributed by atoms with Gasteiger partial charge in [-0.2, -0.15) is 13.5 Å². The fourth-order valence-electron chi connectivity index (χ4n) is 4.73. The minimum absolute atomic E-state index is 0.283. The van der Waals surface area contributed by atoms with Crippen LogP contribution < -0.4 is 4.83 Å². The lowest BCUT2D eigenvalue weighted by atomic mass is 9.71. The Bertz CT molecular complexity index is 707. The van der Waals surface area contributed by atoms with Crippen LogP contribution in [0.4, 0.5) is 0 Å². The van der Waals surface area contributed by atoms with Crippen LogP contribution in [-0.4, -0.2) is 14.1 Å². The van der Waals surface area contributed by atoms with Gasteiger partial charge in [-0.25, -0.2) is 4.83 Å². The highest BCUT2D eigenvalue weighted by molar-refractivity contribution is 7.89. The molecule has 0 amide bonds. The second-order valence-electron chi connectivity index (χ2n) is 7.26. The zero-order chi connectivity index (χ0) is 15.3. The highest BCUT2D eigenvalue weighted by atomic mass is 32.2. The maximum absolute atomic E-state index is 12.4. The lowest BCUT2D eigenvalue weighted by Crippen LogP contribution is -2.32. The van der Waals surface area contributed by atoms with Crippen LogP contribution in [0.25, 0.3) is 0 Å². The Morgan fingerprint density at radius 1 is 1.05 bits per heavy atom. The number of fused-ring (bicyclic) bond motifs is 2. The summed E-state index contributed by atoms with van der Waals surface area (Å²) in [6.45, 7) is 1.94. The zero-order valence-electron chi connectivity index (χ0n) is 12.8. The molecule has 4 atom stereocenters. The highest BCUT2D eigenvalue weighted by Crippen LogP contribution is 2.53. The molecule has 3 fully saturated rings. The largest absolute Gasteiger partial charge is 0.276 e. The van der Waals surface area contributed by atoms with Gasteiger partial charge in [0.05, 0.1) is 4.90 Å². The fraction of sp³-hybridized carbons (Fsp3) is 0.588. The SMILES string of the molecule is Cc1ccc(S(=O)(=O)N/N=C2/C[C@@H]3C[C@H]4C[C@H](C3)[C@@H]2C4)cc1. The van der Waals surface area contributed by atoms with Crippen molar-refractivity contribution in [1.82, 2.24) is 4.83 Å². The van der Waals surface area contributed by atoms with Gasteiger partial charge >= 0.3 is 0 Å². The average molecular weight is 318 g/mol. The van der Waals surface area contributed by atoms with E-state index < -0.39 is 10.0 Å². The first-order valence-corrected chi connectivity index (χ1v) is 9.64. The lowest BCUT2D eigenvalue weighted by molar-refractivity contribution is 0.242. The topological polar surface area (TPSA) is 58.5 Å². The minimum atomic E-state index is -3.55. The van der Waals surface area contributed by atoms with Crippen molar-refractivity contribution >= 4 is 15.7 Å². The van der Waals surface area contributed by atoms with Crippen LogP contribution in [-0.2, 0) is 10.0 Å². The monoisotopic (exact) mass is 318 g/mol. The molecule has 3 bridgehead atoms. The number of hydrogen-bond donors (Lipinski definition) is 1. The van der Waals surface area contributed by atoms with Crippen LogP contribution in [0.15, 0.2) is 34.3 Å². The van der Waals surface area contributed by atoms with Crippen LogP contribution in [0.3, 0.4) is 0 Å². The number of aryl methyl sites for hydroxylation is 1. The molecular formula is C17H22N2O2S. The third-order valence-corrected chi connectivity index (χ3v) is 6.89. The van der Waals surface area contributed by atoms with E-state index in [9.17, 15) is 8.42 Å². The number of sulfonamides is 1. The second kappa shape index (κ2) is 5.08. The number of nitrogens with one attached hydrogen (secondary N) is 1. The number of benzene rings is 1. The van der Waals surface area contributed by atoms with E-state index in [0.717, 1.165) is 35.4 Å². The van der Waals surface area contributed by atoms with Gasteiger partial charge in [0.25, 0.3) is 10.0 Å². The summed E-state index contributed by atoms with van der Waals surface area (Å²) in [5.41, 5.74) is 2.14. The molecule has 5 heteroatoms. The van der Waals surface area contributed by atoms with Gasteiger partial charge in [-0.15, -0.1) is 0 Å². The number of hydrazone groups is 1. The molecule has 0 heterocycles. The molecule has 3 aliphatic carbocycles. The second-order valence-corrected chi connectivity index (χ2v) is 8.92. The predicted octanol–water partition coefficient (Wildman–Crippen LogP) is 3.09. The molecule has 0 radical (unpaired) electrons. The summed E-state index contributed by atoms with van der Waals surface area (Å²) in [5.74, 6) is 2.85. The van der Waals surface area contributed by atoms with E-state index in [1.165, 1.54) is 25.7 Å². The molecule has 1 aromatic rings. The molecule has 4 rings (SSSR count). The van der Waals surface area contributed by atoms with Gasteiger partial charge in [0.15, 0.2) is 0 Å². The Hall–Kier alpha value is -1.36. The maximum Gasteiger partial charge on any atom is 0.276 e. The van der Waals surface area contributed by atoms with Gasteiger partial charge in [-0.05, 0) is 68.9 Å². The highest BCUT2D eigenvalue weighted by Gasteiger charge is 2.47. The van der Waals surface area contributed by atoms with Gasteiger partial charge in [0.2, 0.25) is 0 Å². The van der Waals surface area contributed by atoms with Crippen molar-refractivity contribution in [2.24, 2.45) is 28.8 Å². The third-order valence-electron chi connectivity index (χ3n) is 5.66. The van der Waals surface area contributed by atoms with Crippen molar-refractivity contribution in [3.05, 3.63) is 29.8 Å². The van der Waals surface area contributed by atoms with E-state index in [-0.39, 0.29) is 4.90 Å². The van der Waals surface area contributed by atoms with E-state index >= 15 is 0 Å². The number of nitrogens with zero attached hydrogens (tertiary/aromatic N) is 1. The predicted molar refractivity (Wildman–Crippen MR) is 86.0 cm³/mol. The zero-order valence-corrected chi connectivity index (χ0v) is 13.6. The van der Waals surface area contributed by atoms with Crippen LogP contribution in [0.2, 0.25) is 0 Å². The Balaban J connectivity index is 1.55. The molecule has 0 saturated heterocycles. The van der Waals surface area contributed by atoms with Gasteiger partial charge in [-0.3, -0.25) is 0 Å². The fourth-order valence-corrected chi connectivity index (χ4v) is 5.57. The number of hydrogen-bond acceptors (Lipinski definition) is 3. The first kappa shape index (κ1) is 14.2. The van der Waals surface area contributed by atoms with Crippen molar-refractivity contribution < 1.29 is 8.42 Å². The molecule has 118 valence electrons. The lowest BCUT2D eigenvalue weighted by Gasteiger charge is -2.34. The van der Waals surface area contributed by atoms with Gasteiger partial charge < -0.3 is 0 Å².